The Morgan fingerprint density at radius 2 is 0.567 bits per heavy atom. The topological polar surface area (TPSA) is 41.3 Å². The Morgan fingerprint density at radius 1 is 0.201 bits per heavy atom. The first-order chi connectivity index (χ1) is 66.1. The van der Waals surface area contributed by atoms with E-state index in [1.807, 2.05) is 23.5 Å². The van der Waals surface area contributed by atoms with Gasteiger partial charge in [0.05, 0.1) is 56.2 Å². The van der Waals surface area contributed by atoms with E-state index in [2.05, 4.69) is 469 Å². The number of hydrogen-bond donors (Lipinski definition) is 0. The number of nitrogens with zero attached hydrogens (tertiary/aromatic N) is 6. The number of fused-ring (bicyclic) bond motifs is 22. The molecule has 636 valence electrons. The number of benzene rings is 20. The summed E-state index contributed by atoms with van der Waals surface area (Å²) in [7, 11) is 0. The molecule has 0 aliphatic carbocycles. The molecular formula is C122H82N6O2S2Se2. The molecule has 12 heteroatoms. The molecule has 20 aromatic carbocycles. The molecule has 0 radical (unpaired) electrons. The number of anilines is 12. The third-order valence-corrected chi connectivity index (χ3v) is 34.3. The van der Waals surface area contributed by atoms with Crippen LogP contribution in [-0.2, 0) is 0 Å². The summed E-state index contributed by atoms with van der Waals surface area (Å²) in [4.78, 5) is 14.9. The van der Waals surface area contributed by atoms with Crippen molar-refractivity contribution in [3.05, 3.63) is 424 Å². The number of para-hydroxylation sites is 8. The Kier molecular flexibility index (Phi) is 18.5. The Hall–Kier alpha value is -14.9. The van der Waals surface area contributed by atoms with Gasteiger partial charge in [-0.3, -0.25) is 0 Å². The predicted molar refractivity (Wildman–Crippen MR) is 567 cm³/mol. The van der Waals surface area contributed by atoms with Gasteiger partial charge in [-0.25, -0.2) is 0 Å². The molecule has 0 fully saturated rings. The monoisotopic (exact) mass is 1890 g/mol. The average molecular weight is 1890 g/mol. The number of ether oxygens (including phenoxy) is 2. The Labute approximate surface area is 795 Å². The van der Waals surface area contributed by atoms with Gasteiger partial charge in [0.1, 0.15) is 0 Å². The molecule has 4 aliphatic rings. The zero-order valence-corrected chi connectivity index (χ0v) is 78.6. The maximum Gasteiger partial charge on any atom is 0.0623 e. The first kappa shape index (κ1) is 78.9. The van der Waals surface area contributed by atoms with Crippen LogP contribution in [0.2, 0.25) is 0 Å². The summed E-state index contributed by atoms with van der Waals surface area (Å²) in [6.45, 7) is 9.32. The summed E-state index contributed by atoms with van der Waals surface area (Å²) < 4.78 is 24.1. The van der Waals surface area contributed by atoms with Crippen LogP contribution in [0.4, 0.5) is 68.2 Å². The van der Waals surface area contributed by atoms with E-state index in [1.54, 1.807) is 0 Å². The van der Waals surface area contributed by atoms with Gasteiger partial charge in [0.2, 0.25) is 0 Å². The Morgan fingerprint density at radius 3 is 1.01 bits per heavy atom. The van der Waals surface area contributed by atoms with E-state index in [9.17, 15) is 0 Å². The van der Waals surface area contributed by atoms with Crippen LogP contribution >= 0.6 is 23.5 Å². The van der Waals surface area contributed by atoms with Gasteiger partial charge in [0.15, 0.2) is 0 Å². The second-order valence-electron chi connectivity index (χ2n) is 35.8. The van der Waals surface area contributed by atoms with Crippen molar-refractivity contribution in [3.8, 4) is 56.6 Å². The van der Waals surface area contributed by atoms with Crippen LogP contribution in [-0.4, -0.2) is 38.1 Å². The fraction of sp³-hybridized carbons (Fsp3) is 0.0492. The van der Waals surface area contributed by atoms with Crippen molar-refractivity contribution in [1.29, 1.82) is 0 Å². The van der Waals surface area contributed by atoms with Crippen molar-refractivity contribution < 1.29 is 9.47 Å². The molecule has 28 rings (SSSR count). The summed E-state index contributed by atoms with van der Waals surface area (Å²) in [5.74, 6) is 4.10. The molecule has 8 heterocycles. The zero-order valence-electron chi connectivity index (χ0n) is 73.5. The molecule has 0 saturated carbocycles. The van der Waals surface area contributed by atoms with Gasteiger partial charge in [-0.2, -0.15) is 0 Å². The second-order valence-corrected chi connectivity index (χ2v) is 42.5. The van der Waals surface area contributed by atoms with E-state index >= 15 is 0 Å². The molecule has 0 atom stereocenters. The van der Waals surface area contributed by atoms with Crippen molar-refractivity contribution >= 4 is 225 Å². The molecule has 0 unspecified atom stereocenters. The van der Waals surface area contributed by atoms with Crippen LogP contribution in [0, 0.1) is 0 Å². The molecule has 0 saturated heterocycles. The van der Waals surface area contributed by atoms with Crippen molar-refractivity contribution in [3.63, 3.8) is 0 Å². The van der Waals surface area contributed by atoms with Gasteiger partial charge in [-0.05, 0) is 119 Å². The molecule has 4 aromatic heterocycles. The molecule has 0 bridgehead atoms. The summed E-state index contributed by atoms with van der Waals surface area (Å²) in [6.07, 6.45) is 0. The maximum absolute atomic E-state index is 6.73. The van der Waals surface area contributed by atoms with Gasteiger partial charge in [-0.1, -0.05) is 193 Å². The second kappa shape index (κ2) is 31.4. The predicted octanol–water partition coefficient (Wildman–Crippen LogP) is 35.2. The maximum atomic E-state index is 6.73. The normalized spacial score (nSPS) is 13.1. The molecular weight excluding hydrogens is 1800 g/mol. The average Bonchev–Trinajstić information content (AvgIpc) is 1.36. The first-order valence-electron chi connectivity index (χ1n) is 45.9. The van der Waals surface area contributed by atoms with Gasteiger partial charge < -0.3 is 18.9 Å². The SMILES string of the molecule is CC(C)c1cc(N2c3ccccc3Oc3cc4c(cc32)[se]c2ccccc24)cc2c(C(C)C)cc(N3c4ccccc4Oc4cc5c(cc43)[se]c3ccccc35)cc12.c1ccc(-c2cccc(-n3c4ccccc4c4cc5c(cc43)N(c3cccc4c(N6c7ccccc7Sc7cc8c9ccccc9n(-c9cccc(-c%10ccccc%10)c9)c8cc76)cccc34)c3ccccc3S5)c2)cc1. The molecule has 24 aromatic rings. The first-order valence-corrected chi connectivity index (χ1v) is 50.9. The number of rotatable bonds is 10. The fourth-order valence-corrected chi connectivity index (χ4v) is 28.2. The fourth-order valence-electron chi connectivity index (χ4n) is 21.3. The minimum atomic E-state index is 0.235. The van der Waals surface area contributed by atoms with E-state index in [-0.39, 0.29) is 40.8 Å². The molecule has 134 heavy (non-hydrogen) atoms. The Bertz CT molecular complexity index is 8520. The third kappa shape index (κ3) is 12.6. The minimum absolute atomic E-state index is 0.235. The summed E-state index contributed by atoms with van der Waals surface area (Å²) in [6, 6.07) is 152. The molecule has 4 aliphatic heterocycles. The van der Waals surface area contributed by atoms with Gasteiger partial charge >= 0.3 is 351 Å². The minimum Gasteiger partial charge on any atom is -0.309 e. The van der Waals surface area contributed by atoms with E-state index in [0.29, 0.717) is 0 Å². The van der Waals surface area contributed by atoms with E-state index in [4.69, 9.17) is 9.47 Å². The van der Waals surface area contributed by atoms with Crippen LogP contribution in [0.25, 0.3) is 137 Å². The molecule has 0 amide bonds. The smallest absolute Gasteiger partial charge is 0.0623 e. The van der Waals surface area contributed by atoms with Crippen LogP contribution in [0.15, 0.2) is 432 Å². The Balaban J connectivity index is 0.000000142. The third-order valence-electron chi connectivity index (χ3n) is 27.3. The number of hydrogen-bond acceptors (Lipinski definition) is 8. The van der Waals surface area contributed by atoms with Crippen LogP contribution in [0.1, 0.15) is 50.7 Å². The van der Waals surface area contributed by atoms with Crippen LogP contribution < -0.4 is 29.1 Å². The van der Waals surface area contributed by atoms with Gasteiger partial charge in [-0.15, -0.1) is 0 Å². The van der Waals surface area contributed by atoms with Crippen molar-refractivity contribution in [2.24, 2.45) is 0 Å². The largest absolute Gasteiger partial charge is 0.309 e. The van der Waals surface area contributed by atoms with E-state index < -0.39 is 0 Å². The standard InChI is InChI=1S/C70H44N4S2.C52H38N2O2Se2/c1-3-19-45(20-4-1)47-23-15-25-49(39-47)71-57-31-9-7-27-53(57)55-41-69-65(43-63(55)71)73(61-33-11-13-37-67(61)75-69)59-35-17-30-52-51(59)29-18-36-60(52)74-62-34-12-14-38-68(62)76-70-42-56-54-28-8-10-32-58(54)72(64(56)44-66(70)74)50-26-16-24-48(40-50)46-21-5-2-6-22-46;1-29(2)35-21-31(53-41-15-7-9-17-45(41)55-47-25-39-33-13-5-11-19-49(33)57-51(39)27-43(47)53)24-38-36(30(3)4)22-32(23-37(35)38)54-42-16-8-10-18-46(42)56-48-26-40-34-14-6-12-20-50(34)58-52(40)28-44(48)54/h1-44H;5-30H,1-4H3. The van der Waals surface area contributed by atoms with Crippen molar-refractivity contribution in [2.75, 3.05) is 19.6 Å². The van der Waals surface area contributed by atoms with Crippen LogP contribution in [0.5, 0.6) is 23.0 Å². The van der Waals surface area contributed by atoms with Crippen molar-refractivity contribution in [2.45, 2.75) is 59.1 Å². The van der Waals surface area contributed by atoms with E-state index in [0.717, 1.165) is 91.2 Å². The van der Waals surface area contributed by atoms with Crippen molar-refractivity contribution in [1.82, 2.24) is 9.13 Å². The molecule has 0 N–H and O–H groups in total. The van der Waals surface area contributed by atoms with Gasteiger partial charge in [0, 0.05) is 63.3 Å². The van der Waals surface area contributed by atoms with E-state index in [1.165, 1.54) is 168 Å². The summed E-state index contributed by atoms with van der Waals surface area (Å²) in [5, 5.41) is 15.2. The quantitative estimate of drug-likeness (QED) is 0.126. The van der Waals surface area contributed by atoms with Crippen LogP contribution in [0.3, 0.4) is 0 Å². The zero-order chi connectivity index (χ0) is 88.7. The number of aromatic nitrogens is 2. The summed E-state index contributed by atoms with van der Waals surface area (Å²) >= 11 is 4.20. The summed E-state index contributed by atoms with van der Waals surface area (Å²) in [5.41, 5.74) is 28.0. The molecule has 0 spiro atoms. The van der Waals surface area contributed by atoms with Gasteiger partial charge in [0.25, 0.3) is 0 Å². The molecule has 8 nitrogen and oxygen atoms in total.